The van der Waals surface area contributed by atoms with Gasteiger partial charge in [-0.25, -0.2) is 4.98 Å². The van der Waals surface area contributed by atoms with Gasteiger partial charge >= 0.3 is 0 Å². The van der Waals surface area contributed by atoms with E-state index in [9.17, 15) is 9.90 Å². The van der Waals surface area contributed by atoms with Gasteiger partial charge in [0.25, 0.3) is 5.91 Å². The summed E-state index contributed by atoms with van der Waals surface area (Å²) in [7, 11) is 0. The molecule has 1 aromatic heterocycles. The molecule has 152 valence electrons. The second kappa shape index (κ2) is 10.1. The fourth-order valence-corrected chi connectivity index (χ4v) is 3.94. The van der Waals surface area contributed by atoms with Gasteiger partial charge < -0.3 is 5.11 Å². The van der Waals surface area contributed by atoms with E-state index in [-0.39, 0.29) is 11.7 Å². The summed E-state index contributed by atoms with van der Waals surface area (Å²) >= 11 is 7.33. The summed E-state index contributed by atoms with van der Waals surface area (Å²) in [5.41, 5.74) is 3.24. The van der Waals surface area contributed by atoms with E-state index in [0.717, 1.165) is 21.7 Å². The Morgan fingerprint density at radius 3 is 2.50 bits per heavy atom. The SMILES string of the molecule is C=C(O)/C=C\C(=C/C)c1nc(NC(=O)c2ccc(Cl)cc2)sc1Cc1ccccc1. The van der Waals surface area contributed by atoms with Crippen molar-refractivity contribution in [1.82, 2.24) is 4.98 Å². The minimum atomic E-state index is -0.250. The molecule has 1 heterocycles. The maximum atomic E-state index is 12.6. The number of nitrogens with one attached hydrogen (secondary N) is 1. The number of hydrogen-bond acceptors (Lipinski definition) is 4. The second-order valence-electron chi connectivity index (χ2n) is 6.48. The molecule has 0 radical (unpaired) electrons. The zero-order chi connectivity index (χ0) is 21.5. The number of carbonyl (C=O) groups excluding carboxylic acids is 1. The van der Waals surface area contributed by atoms with Crippen LogP contribution in [0.5, 0.6) is 0 Å². The van der Waals surface area contributed by atoms with Crippen LogP contribution in [0.4, 0.5) is 5.13 Å². The molecule has 0 unspecified atom stereocenters. The van der Waals surface area contributed by atoms with Crippen LogP contribution in [0, 0.1) is 0 Å². The summed E-state index contributed by atoms with van der Waals surface area (Å²) < 4.78 is 0. The quantitative estimate of drug-likeness (QED) is 0.321. The molecular formula is C24H21ClN2O2S. The number of aromatic nitrogens is 1. The number of allylic oxidation sites excluding steroid dienone is 4. The molecule has 1 amide bonds. The van der Waals surface area contributed by atoms with Gasteiger partial charge in [0.15, 0.2) is 5.13 Å². The van der Waals surface area contributed by atoms with E-state index in [1.165, 1.54) is 17.4 Å². The number of anilines is 1. The Labute approximate surface area is 184 Å². The summed E-state index contributed by atoms with van der Waals surface area (Å²) in [5, 5.41) is 13.4. The van der Waals surface area contributed by atoms with E-state index >= 15 is 0 Å². The van der Waals surface area contributed by atoms with Crippen molar-refractivity contribution in [3.05, 3.63) is 112 Å². The number of thiazole rings is 1. The highest BCUT2D eigenvalue weighted by molar-refractivity contribution is 7.16. The van der Waals surface area contributed by atoms with Crippen molar-refractivity contribution in [2.45, 2.75) is 13.3 Å². The molecule has 3 rings (SSSR count). The van der Waals surface area contributed by atoms with Crippen molar-refractivity contribution in [2.24, 2.45) is 0 Å². The van der Waals surface area contributed by atoms with E-state index in [4.69, 9.17) is 11.6 Å². The number of hydrogen-bond donors (Lipinski definition) is 2. The molecule has 0 aliphatic rings. The number of nitrogens with zero attached hydrogens (tertiary/aromatic N) is 1. The summed E-state index contributed by atoms with van der Waals surface area (Å²) in [4.78, 5) is 18.3. The molecule has 6 heteroatoms. The topological polar surface area (TPSA) is 62.2 Å². The molecular weight excluding hydrogens is 416 g/mol. The summed E-state index contributed by atoms with van der Waals surface area (Å²) in [6.45, 7) is 5.39. The Kier molecular flexibility index (Phi) is 7.22. The summed E-state index contributed by atoms with van der Waals surface area (Å²) in [5.74, 6) is -0.287. The monoisotopic (exact) mass is 436 g/mol. The van der Waals surface area contributed by atoms with Gasteiger partial charge in [0.2, 0.25) is 0 Å². The van der Waals surface area contributed by atoms with Crippen molar-refractivity contribution in [2.75, 3.05) is 5.32 Å². The number of halogens is 1. The highest BCUT2D eigenvalue weighted by Gasteiger charge is 2.16. The molecule has 0 aliphatic heterocycles. The van der Waals surface area contributed by atoms with E-state index in [1.54, 1.807) is 30.3 Å². The molecule has 0 saturated carbocycles. The Hall–Kier alpha value is -3.15. The van der Waals surface area contributed by atoms with Gasteiger partial charge in [0.05, 0.1) is 5.69 Å². The average Bonchev–Trinajstić information content (AvgIpc) is 3.11. The summed E-state index contributed by atoms with van der Waals surface area (Å²) in [6, 6.07) is 16.8. The Morgan fingerprint density at radius 2 is 1.87 bits per heavy atom. The van der Waals surface area contributed by atoms with Crippen LogP contribution >= 0.6 is 22.9 Å². The van der Waals surface area contributed by atoms with Crippen molar-refractivity contribution in [3.8, 4) is 0 Å². The minimum absolute atomic E-state index is 0.0366. The van der Waals surface area contributed by atoms with Crippen LogP contribution in [0.1, 0.15) is 33.4 Å². The molecule has 0 aliphatic carbocycles. The molecule has 0 bridgehead atoms. The van der Waals surface area contributed by atoms with Crippen LogP contribution in [0.25, 0.3) is 5.57 Å². The molecule has 2 N–H and O–H groups in total. The molecule has 0 spiro atoms. The van der Waals surface area contributed by atoms with E-state index in [2.05, 4.69) is 29.0 Å². The lowest BCUT2D eigenvalue weighted by atomic mass is 10.1. The number of aliphatic hydroxyl groups is 1. The van der Waals surface area contributed by atoms with Gasteiger partial charge in [-0.3, -0.25) is 10.1 Å². The molecule has 0 atom stereocenters. The number of amides is 1. The largest absolute Gasteiger partial charge is 0.509 e. The number of rotatable bonds is 7. The lowest BCUT2D eigenvalue weighted by Gasteiger charge is -2.03. The molecule has 3 aromatic rings. The highest BCUT2D eigenvalue weighted by atomic mass is 35.5. The van der Waals surface area contributed by atoms with Gasteiger partial charge in [-0.15, -0.1) is 11.3 Å². The normalized spacial score (nSPS) is 11.6. The standard InChI is InChI=1S/C24H21ClN2O2S/c1-3-18(10-9-16(2)28)22-21(15-17-7-5-4-6-8-17)30-24(26-22)27-23(29)19-11-13-20(25)14-12-19/h3-14,28H,2,15H2,1H3,(H,26,27,29)/b10-9-,18-3+. The number of aliphatic hydroxyl groups excluding tert-OH is 1. The predicted molar refractivity (Wildman–Crippen MR) is 125 cm³/mol. The molecule has 0 saturated heterocycles. The number of benzene rings is 2. The maximum absolute atomic E-state index is 12.6. The van der Waals surface area contributed by atoms with Crippen LogP contribution in [0.15, 0.2) is 85.2 Å². The Balaban J connectivity index is 1.93. The van der Waals surface area contributed by atoms with Crippen LogP contribution in [-0.4, -0.2) is 16.0 Å². The molecule has 2 aromatic carbocycles. The lowest BCUT2D eigenvalue weighted by Crippen LogP contribution is -2.11. The highest BCUT2D eigenvalue weighted by Crippen LogP contribution is 2.31. The Morgan fingerprint density at radius 1 is 1.17 bits per heavy atom. The first kappa shape index (κ1) is 21.6. The lowest BCUT2D eigenvalue weighted by molar-refractivity contribution is 0.102. The van der Waals surface area contributed by atoms with Crippen LogP contribution < -0.4 is 5.32 Å². The van der Waals surface area contributed by atoms with Gasteiger partial charge in [0, 0.05) is 21.9 Å². The smallest absolute Gasteiger partial charge is 0.257 e. The van der Waals surface area contributed by atoms with E-state index in [0.29, 0.717) is 22.1 Å². The fraction of sp³-hybridized carbons (Fsp3) is 0.0833. The zero-order valence-corrected chi connectivity index (χ0v) is 18.0. The van der Waals surface area contributed by atoms with Gasteiger partial charge in [-0.2, -0.15) is 0 Å². The molecule has 4 nitrogen and oxygen atoms in total. The third-order valence-electron chi connectivity index (χ3n) is 4.27. The van der Waals surface area contributed by atoms with Gasteiger partial charge in [-0.05, 0) is 54.5 Å². The third-order valence-corrected chi connectivity index (χ3v) is 5.49. The second-order valence-corrected chi connectivity index (χ2v) is 8.00. The average molecular weight is 437 g/mol. The van der Waals surface area contributed by atoms with Crippen LogP contribution in [-0.2, 0) is 6.42 Å². The van der Waals surface area contributed by atoms with Gasteiger partial charge in [0.1, 0.15) is 5.76 Å². The first-order valence-corrected chi connectivity index (χ1v) is 10.5. The molecule has 30 heavy (non-hydrogen) atoms. The van der Waals surface area contributed by atoms with Crippen molar-refractivity contribution in [1.29, 1.82) is 0 Å². The Bertz CT molecular complexity index is 1100. The number of carbonyl (C=O) groups is 1. The zero-order valence-electron chi connectivity index (χ0n) is 16.4. The third kappa shape index (κ3) is 5.69. The summed E-state index contributed by atoms with van der Waals surface area (Å²) in [6.07, 6.45) is 5.87. The first-order chi connectivity index (χ1) is 14.5. The predicted octanol–water partition coefficient (Wildman–Crippen LogP) is 6.67. The first-order valence-electron chi connectivity index (χ1n) is 9.29. The minimum Gasteiger partial charge on any atom is -0.509 e. The maximum Gasteiger partial charge on any atom is 0.257 e. The van der Waals surface area contributed by atoms with Gasteiger partial charge in [-0.1, -0.05) is 54.6 Å². The van der Waals surface area contributed by atoms with Crippen LogP contribution in [0.3, 0.4) is 0 Å². The van der Waals surface area contributed by atoms with Crippen LogP contribution in [0.2, 0.25) is 5.02 Å². The molecule has 0 fully saturated rings. The van der Waals surface area contributed by atoms with E-state index < -0.39 is 0 Å². The van der Waals surface area contributed by atoms with Crippen molar-refractivity contribution in [3.63, 3.8) is 0 Å². The van der Waals surface area contributed by atoms with Crippen molar-refractivity contribution < 1.29 is 9.90 Å². The fourth-order valence-electron chi connectivity index (χ4n) is 2.80. The van der Waals surface area contributed by atoms with Crippen molar-refractivity contribution >= 4 is 39.5 Å². The van der Waals surface area contributed by atoms with E-state index in [1.807, 2.05) is 31.2 Å².